The third kappa shape index (κ3) is 4.61. The third-order valence-corrected chi connectivity index (χ3v) is 6.29. The summed E-state index contributed by atoms with van der Waals surface area (Å²) in [5, 5.41) is 14.8. The van der Waals surface area contributed by atoms with Crippen molar-refractivity contribution in [2.45, 2.75) is 20.3 Å². The normalized spacial score (nSPS) is 14.1. The molecule has 1 aliphatic rings. The average molecular weight is 446 g/mol. The molecule has 0 aliphatic carbocycles. The molecule has 7 heteroatoms. The van der Waals surface area contributed by atoms with Crippen LogP contribution in [0.15, 0.2) is 42.5 Å². The van der Waals surface area contributed by atoms with E-state index in [4.69, 9.17) is 21.9 Å². The number of hydrogen-bond acceptors (Lipinski definition) is 5. The number of fused-ring (bicyclic) bond motifs is 1. The first-order valence-corrected chi connectivity index (χ1v) is 11.2. The van der Waals surface area contributed by atoms with Gasteiger partial charge in [-0.2, -0.15) is 5.26 Å². The molecule has 0 radical (unpaired) electrons. The lowest BCUT2D eigenvalue weighted by molar-refractivity contribution is 0.415. The summed E-state index contributed by atoms with van der Waals surface area (Å²) < 4.78 is 5.29. The second-order valence-electron chi connectivity index (χ2n) is 8.09. The molecule has 0 amide bonds. The largest absolute Gasteiger partial charge is 0.497 e. The first-order chi connectivity index (χ1) is 15.5. The molecule has 4 rings (SSSR count). The number of aryl methyl sites for hydroxylation is 2. The summed E-state index contributed by atoms with van der Waals surface area (Å²) in [4.78, 5) is 9.28. The minimum absolute atomic E-state index is 0.617. The Hall–Kier alpha value is -3.37. The maximum Gasteiger partial charge on any atom is 0.173 e. The molecule has 1 aromatic heterocycles. The van der Waals surface area contributed by atoms with E-state index in [2.05, 4.69) is 47.2 Å². The molecule has 1 N–H and O–H groups in total. The van der Waals surface area contributed by atoms with Crippen LogP contribution in [0.3, 0.4) is 0 Å². The molecule has 1 aliphatic heterocycles. The summed E-state index contributed by atoms with van der Waals surface area (Å²) >= 11 is 5.68. The Labute approximate surface area is 194 Å². The van der Waals surface area contributed by atoms with E-state index < -0.39 is 0 Å². The predicted molar refractivity (Wildman–Crippen MR) is 134 cm³/mol. The average Bonchev–Trinajstić information content (AvgIpc) is 3.05. The number of rotatable bonds is 3. The number of anilines is 2. The summed E-state index contributed by atoms with van der Waals surface area (Å²) in [6, 6.07) is 16.3. The molecule has 1 saturated heterocycles. The smallest absolute Gasteiger partial charge is 0.173 e. The molecule has 0 bridgehead atoms. The Morgan fingerprint density at radius 1 is 1.09 bits per heavy atom. The lowest BCUT2D eigenvalue weighted by atomic mass is 10.0. The number of aromatic nitrogens is 1. The fraction of sp³-hybridized carbons (Fsp3) is 0.320. The molecule has 0 atom stereocenters. The van der Waals surface area contributed by atoms with Gasteiger partial charge in [-0.05, 0) is 73.9 Å². The van der Waals surface area contributed by atoms with Crippen molar-refractivity contribution in [1.82, 2.24) is 9.88 Å². The summed E-state index contributed by atoms with van der Waals surface area (Å²) in [5.41, 5.74) is 4.86. The number of pyridine rings is 1. The number of nitrogens with one attached hydrogen (secondary N) is 1. The minimum Gasteiger partial charge on any atom is -0.497 e. The first-order valence-electron chi connectivity index (χ1n) is 10.8. The number of methoxy groups -OCH3 is 1. The SMILES string of the molecule is COc1cccc(NC(=S)N2CCCN(c3nc4cc(C)c(C)cc4cc3C#N)CC2)c1. The zero-order valence-corrected chi connectivity index (χ0v) is 19.5. The fourth-order valence-electron chi connectivity index (χ4n) is 3.99. The van der Waals surface area contributed by atoms with Crippen LogP contribution in [0, 0.1) is 25.2 Å². The highest BCUT2D eigenvalue weighted by Gasteiger charge is 2.21. The van der Waals surface area contributed by atoms with Crippen molar-refractivity contribution in [3.8, 4) is 11.8 Å². The van der Waals surface area contributed by atoms with Crippen LogP contribution in [0.5, 0.6) is 5.75 Å². The van der Waals surface area contributed by atoms with Crippen molar-refractivity contribution >= 4 is 39.7 Å². The van der Waals surface area contributed by atoms with Gasteiger partial charge in [-0.3, -0.25) is 0 Å². The van der Waals surface area contributed by atoms with Crippen LogP contribution >= 0.6 is 12.2 Å². The zero-order chi connectivity index (χ0) is 22.7. The lowest BCUT2D eigenvalue weighted by Gasteiger charge is -2.25. The van der Waals surface area contributed by atoms with Crippen molar-refractivity contribution in [1.29, 1.82) is 5.26 Å². The molecule has 3 aromatic rings. The van der Waals surface area contributed by atoms with Gasteiger partial charge in [0.2, 0.25) is 0 Å². The number of nitrogens with zero attached hydrogens (tertiary/aromatic N) is 4. The van der Waals surface area contributed by atoms with E-state index >= 15 is 0 Å². The van der Waals surface area contributed by atoms with Crippen molar-refractivity contribution in [2.75, 3.05) is 43.5 Å². The second kappa shape index (κ2) is 9.41. The van der Waals surface area contributed by atoms with Crippen LogP contribution in [-0.2, 0) is 0 Å². The van der Waals surface area contributed by atoms with Gasteiger partial charge in [0.15, 0.2) is 5.11 Å². The molecule has 164 valence electrons. The third-order valence-electron chi connectivity index (χ3n) is 5.93. The van der Waals surface area contributed by atoms with Crippen molar-refractivity contribution in [3.63, 3.8) is 0 Å². The van der Waals surface area contributed by atoms with E-state index in [1.807, 2.05) is 30.3 Å². The zero-order valence-electron chi connectivity index (χ0n) is 18.7. The summed E-state index contributed by atoms with van der Waals surface area (Å²) in [6.45, 7) is 7.36. The molecule has 0 unspecified atom stereocenters. The van der Waals surface area contributed by atoms with E-state index in [0.717, 1.165) is 60.8 Å². The van der Waals surface area contributed by atoms with Gasteiger partial charge in [0.1, 0.15) is 17.6 Å². The van der Waals surface area contributed by atoms with Gasteiger partial charge in [0.25, 0.3) is 0 Å². The van der Waals surface area contributed by atoms with Crippen molar-refractivity contribution < 1.29 is 4.74 Å². The molecule has 6 nitrogen and oxygen atoms in total. The monoisotopic (exact) mass is 445 g/mol. The minimum atomic E-state index is 0.617. The number of ether oxygens (including phenoxy) is 1. The fourth-order valence-corrected chi connectivity index (χ4v) is 4.29. The van der Waals surface area contributed by atoms with E-state index in [1.165, 1.54) is 11.1 Å². The van der Waals surface area contributed by atoms with Gasteiger partial charge in [-0.25, -0.2) is 4.98 Å². The topological polar surface area (TPSA) is 64.4 Å². The molecule has 2 heterocycles. The van der Waals surface area contributed by atoms with Crippen LogP contribution in [0.1, 0.15) is 23.1 Å². The maximum absolute atomic E-state index is 9.78. The van der Waals surface area contributed by atoms with Gasteiger partial charge in [0.05, 0.1) is 18.2 Å². The lowest BCUT2D eigenvalue weighted by Crippen LogP contribution is -2.38. The Morgan fingerprint density at radius 3 is 2.69 bits per heavy atom. The Bertz CT molecular complexity index is 1200. The van der Waals surface area contributed by atoms with Crippen LogP contribution < -0.4 is 15.0 Å². The number of thiocarbonyl (C=S) groups is 1. The van der Waals surface area contributed by atoms with Crippen molar-refractivity contribution in [3.05, 3.63) is 59.2 Å². The van der Waals surface area contributed by atoms with E-state index in [0.29, 0.717) is 10.7 Å². The van der Waals surface area contributed by atoms with E-state index in [1.54, 1.807) is 7.11 Å². The highest BCUT2D eigenvalue weighted by molar-refractivity contribution is 7.80. The number of nitriles is 1. The van der Waals surface area contributed by atoms with Crippen LogP contribution in [-0.4, -0.2) is 48.3 Å². The Balaban J connectivity index is 1.51. The summed E-state index contributed by atoms with van der Waals surface area (Å²) in [6.07, 6.45) is 0.928. The molecule has 0 saturated carbocycles. The molecular weight excluding hydrogens is 418 g/mol. The van der Waals surface area contributed by atoms with Gasteiger partial charge in [-0.1, -0.05) is 6.07 Å². The van der Waals surface area contributed by atoms with Crippen molar-refractivity contribution in [2.24, 2.45) is 0 Å². The quantitative estimate of drug-likeness (QED) is 0.589. The maximum atomic E-state index is 9.78. The van der Waals surface area contributed by atoms with Gasteiger partial charge >= 0.3 is 0 Å². The first kappa shape index (κ1) is 21.8. The summed E-state index contributed by atoms with van der Waals surface area (Å²) in [5.74, 6) is 1.55. The van der Waals surface area contributed by atoms with Crippen LogP contribution in [0.4, 0.5) is 11.5 Å². The number of hydrogen-bond donors (Lipinski definition) is 1. The Kier molecular flexibility index (Phi) is 6.42. The van der Waals surface area contributed by atoms with Gasteiger partial charge < -0.3 is 19.9 Å². The highest BCUT2D eigenvalue weighted by Crippen LogP contribution is 2.26. The summed E-state index contributed by atoms with van der Waals surface area (Å²) in [7, 11) is 1.65. The molecular formula is C25H27N5OS. The van der Waals surface area contributed by atoms with Gasteiger partial charge in [0, 0.05) is 43.3 Å². The molecule has 32 heavy (non-hydrogen) atoms. The molecule has 1 fully saturated rings. The van der Waals surface area contributed by atoms with Crippen LogP contribution in [0.25, 0.3) is 10.9 Å². The molecule has 2 aromatic carbocycles. The van der Waals surface area contributed by atoms with E-state index in [9.17, 15) is 5.26 Å². The van der Waals surface area contributed by atoms with E-state index in [-0.39, 0.29) is 0 Å². The predicted octanol–water partition coefficient (Wildman–Crippen LogP) is 4.64. The second-order valence-corrected chi connectivity index (χ2v) is 8.48. The Morgan fingerprint density at radius 2 is 1.91 bits per heavy atom. The highest BCUT2D eigenvalue weighted by atomic mass is 32.1. The van der Waals surface area contributed by atoms with Gasteiger partial charge in [-0.15, -0.1) is 0 Å². The molecule has 0 spiro atoms. The number of benzene rings is 2. The standard InChI is InChI=1S/C25H27N5OS/c1-17-12-19-14-20(16-26)24(28-23(19)13-18(17)2)29-8-5-9-30(11-10-29)25(32)27-21-6-4-7-22(15-21)31-3/h4,6-7,12-15H,5,8-11H2,1-3H3,(H,27,32). The van der Waals surface area contributed by atoms with Crippen LogP contribution in [0.2, 0.25) is 0 Å².